The van der Waals surface area contributed by atoms with Crippen molar-refractivity contribution in [3.63, 3.8) is 0 Å². The van der Waals surface area contributed by atoms with Crippen LogP contribution in [-0.2, 0) is 4.79 Å². The molecule has 20 heavy (non-hydrogen) atoms. The highest BCUT2D eigenvalue weighted by molar-refractivity contribution is 7.15. The highest BCUT2D eigenvalue weighted by atomic mass is 32.1. The van der Waals surface area contributed by atoms with Crippen LogP contribution in [0.25, 0.3) is 4.96 Å². The quantitative estimate of drug-likeness (QED) is 0.782. The molecule has 0 aliphatic rings. The summed E-state index contributed by atoms with van der Waals surface area (Å²) in [5, 5.41) is 12.9. The summed E-state index contributed by atoms with van der Waals surface area (Å²) >= 11 is 1.26. The lowest BCUT2D eigenvalue weighted by Crippen LogP contribution is -2.42. The molecule has 0 aromatic carbocycles. The van der Waals surface area contributed by atoms with Crippen LogP contribution in [0.15, 0.2) is 35.2 Å². The molecule has 1 amide bonds. The third-order valence-corrected chi connectivity index (χ3v) is 3.36. The van der Waals surface area contributed by atoms with Crippen LogP contribution in [0.2, 0.25) is 0 Å². The summed E-state index contributed by atoms with van der Waals surface area (Å²) in [4.78, 5) is 39.4. The van der Waals surface area contributed by atoms with Gasteiger partial charge >= 0.3 is 5.97 Å². The lowest BCUT2D eigenvalue weighted by Gasteiger charge is -2.11. The van der Waals surface area contributed by atoms with E-state index >= 15 is 0 Å². The van der Waals surface area contributed by atoms with Gasteiger partial charge in [-0.25, -0.2) is 9.78 Å². The standard InChI is InChI=1S/C12H11N3O4S/c1-2-3-8(11(18)19)14-9(16)7-6-13-12-15(10(7)17)4-5-20-12/h2,4-6,8H,1,3H2,(H,14,16)(H,18,19). The first-order chi connectivity index (χ1) is 9.54. The van der Waals surface area contributed by atoms with Gasteiger partial charge in [-0.15, -0.1) is 17.9 Å². The first-order valence-electron chi connectivity index (χ1n) is 5.64. The molecule has 8 heteroatoms. The van der Waals surface area contributed by atoms with Gasteiger partial charge in [0.05, 0.1) is 0 Å². The fourth-order valence-corrected chi connectivity index (χ4v) is 2.28. The Labute approximate surface area is 117 Å². The third-order valence-electron chi connectivity index (χ3n) is 2.59. The first kappa shape index (κ1) is 13.9. The van der Waals surface area contributed by atoms with Crippen LogP contribution in [0.1, 0.15) is 16.8 Å². The van der Waals surface area contributed by atoms with Crippen molar-refractivity contribution in [2.75, 3.05) is 0 Å². The number of fused-ring (bicyclic) bond motifs is 1. The molecule has 0 saturated heterocycles. The zero-order chi connectivity index (χ0) is 14.7. The molecule has 2 aromatic rings. The largest absolute Gasteiger partial charge is 0.480 e. The third kappa shape index (κ3) is 2.59. The second-order valence-corrected chi connectivity index (χ2v) is 4.79. The number of carboxylic acids is 1. The number of nitrogens with one attached hydrogen (secondary N) is 1. The Morgan fingerprint density at radius 3 is 3.00 bits per heavy atom. The van der Waals surface area contributed by atoms with E-state index in [0.29, 0.717) is 4.96 Å². The number of aromatic nitrogens is 2. The van der Waals surface area contributed by atoms with E-state index in [1.165, 1.54) is 28.0 Å². The van der Waals surface area contributed by atoms with Crippen LogP contribution in [0, 0.1) is 0 Å². The Morgan fingerprint density at radius 1 is 1.60 bits per heavy atom. The molecule has 0 bridgehead atoms. The first-order valence-corrected chi connectivity index (χ1v) is 6.52. The van der Waals surface area contributed by atoms with Crippen LogP contribution in [0.5, 0.6) is 0 Å². The minimum absolute atomic E-state index is 0.0660. The van der Waals surface area contributed by atoms with Gasteiger partial charge in [0, 0.05) is 17.8 Å². The molecule has 0 radical (unpaired) electrons. The molecule has 2 heterocycles. The Balaban J connectivity index is 2.31. The van der Waals surface area contributed by atoms with Gasteiger partial charge in [0.15, 0.2) is 4.96 Å². The number of carbonyl (C=O) groups is 2. The van der Waals surface area contributed by atoms with E-state index in [2.05, 4.69) is 16.9 Å². The maximum Gasteiger partial charge on any atom is 0.326 e. The van der Waals surface area contributed by atoms with Crippen molar-refractivity contribution in [3.8, 4) is 0 Å². The molecule has 0 aliphatic carbocycles. The molecular weight excluding hydrogens is 282 g/mol. The van der Waals surface area contributed by atoms with Crippen LogP contribution < -0.4 is 10.9 Å². The zero-order valence-electron chi connectivity index (χ0n) is 10.3. The Bertz CT molecular complexity index is 734. The number of nitrogens with zero attached hydrogens (tertiary/aromatic N) is 2. The minimum atomic E-state index is -1.19. The normalized spacial score (nSPS) is 12.0. The van der Waals surface area contributed by atoms with E-state index in [-0.39, 0.29) is 12.0 Å². The van der Waals surface area contributed by atoms with Gasteiger partial charge in [0.25, 0.3) is 11.5 Å². The lowest BCUT2D eigenvalue weighted by molar-refractivity contribution is -0.139. The van der Waals surface area contributed by atoms with Gasteiger partial charge in [-0.1, -0.05) is 6.08 Å². The summed E-state index contributed by atoms with van der Waals surface area (Å²) in [5.74, 6) is -1.96. The van der Waals surface area contributed by atoms with Crippen molar-refractivity contribution < 1.29 is 14.7 Å². The lowest BCUT2D eigenvalue weighted by atomic mass is 10.2. The summed E-state index contributed by atoms with van der Waals surface area (Å²) in [6, 6.07) is -1.12. The second kappa shape index (κ2) is 5.66. The second-order valence-electron chi connectivity index (χ2n) is 3.92. The average Bonchev–Trinajstić information content (AvgIpc) is 2.87. The molecular formula is C12H11N3O4S. The van der Waals surface area contributed by atoms with Crippen LogP contribution >= 0.6 is 11.3 Å². The molecule has 2 rings (SSSR count). The maximum absolute atomic E-state index is 12.0. The molecule has 0 aliphatic heterocycles. The zero-order valence-corrected chi connectivity index (χ0v) is 11.1. The van der Waals surface area contributed by atoms with E-state index in [0.717, 1.165) is 6.20 Å². The van der Waals surface area contributed by atoms with Crippen LogP contribution in [0.4, 0.5) is 0 Å². The van der Waals surface area contributed by atoms with E-state index < -0.39 is 23.5 Å². The summed E-state index contributed by atoms with van der Waals surface area (Å²) < 4.78 is 1.24. The summed E-state index contributed by atoms with van der Waals surface area (Å²) in [6.45, 7) is 3.42. The summed E-state index contributed by atoms with van der Waals surface area (Å²) in [6.07, 6.45) is 4.10. The number of hydrogen-bond acceptors (Lipinski definition) is 5. The SMILES string of the molecule is C=CCC(NC(=O)c1cnc2sccn2c1=O)C(=O)O. The average molecular weight is 293 g/mol. The Kier molecular flexibility index (Phi) is 3.94. The van der Waals surface area contributed by atoms with E-state index in [4.69, 9.17) is 5.11 Å². The van der Waals surface area contributed by atoms with Crippen LogP contribution in [0.3, 0.4) is 0 Å². The Morgan fingerprint density at radius 2 is 2.35 bits per heavy atom. The molecule has 0 saturated carbocycles. The van der Waals surface area contributed by atoms with E-state index in [9.17, 15) is 14.4 Å². The van der Waals surface area contributed by atoms with Gasteiger partial charge in [-0.2, -0.15) is 0 Å². The van der Waals surface area contributed by atoms with Crippen LogP contribution in [-0.4, -0.2) is 32.4 Å². The predicted molar refractivity (Wildman–Crippen MR) is 73.0 cm³/mol. The van der Waals surface area contributed by atoms with Crippen molar-refractivity contribution in [1.82, 2.24) is 14.7 Å². The molecule has 0 fully saturated rings. The van der Waals surface area contributed by atoms with Crippen molar-refractivity contribution in [2.24, 2.45) is 0 Å². The molecule has 1 atom stereocenters. The highest BCUT2D eigenvalue weighted by Gasteiger charge is 2.21. The smallest absolute Gasteiger partial charge is 0.326 e. The number of hydrogen-bond donors (Lipinski definition) is 2. The fraction of sp³-hybridized carbons (Fsp3) is 0.167. The van der Waals surface area contributed by atoms with Crippen molar-refractivity contribution >= 4 is 28.2 Å². The number of aliphatic carboxylic acids is 1. The number of thiazole rings is 1. The van der Waals surface area contributed by atoms with Crippen molar-refractivity contribution in [3.05, 3.63) is 46.3 Å². The van der Waals surface area contributed by atoms with Gasteiger partial charge < -0.3 is 10.4 Å². The molecule has 1 unspecified atom stereocenters. The monoisotopic (exact) mass is 293 g/mol. The van der Waals surface area contributed by atoms with Gasteiger partial charge in [-0.3, -0.25) is 14.0 Å². The van der Waals surface area contributed by atoms with Gasteiger partial charge in [-0.05, 0) is 6.42 Å². The number of carboxylic acid groups (broad SMARTS) is 1. The van der Waals surface area contributed by atoms with E-state index in [1.54, 1.807) is 5.38 Å². The van der Waals surface area contributed by atoms with E-state index in [1.807, 2.05) is 0 Å². The molecule has 2 N–H and O–H groups in total. The maximum atomic E-state index is 12.0. The van der Waals surface area contributed by atoms with Crippen molar-refractivity contribution in [1.29, 1.82) is 0 Å². The minimum Gasteiger partial charge on any atom is -0.480 e. The van der Waals surface area contributed by atoms with Gasteiger partial charge in [0.2, 0.25) is 0 Å². The summed E-state index contributed by atoms with van der Waals surface area (Å²) in [5.41, 5.74) is -0.729. The molecule has 2 aromatic heterocycles. The predicted octanol–water partition coefficient (Wildman–Crippen LogP) is 0.515. The molecule has 104 valence electrons. The highest BCUT2D eigenvalue weighted by Crippen LogP contribution is 2.06. The van der Waals surface area contributed by atoms with Crippen molar-refractivity contribution in [2.45, 2.75) is 12.5 Å². The number of rotatable bonds is 5. The summed E-state index contributed by atoms with van der Waals surface area (Å²) in [7, 11) is 0. The fourth-order valence-electron chi connectivity index (χ4n) is 1.60. The Hall–Kier alpha value is -2.48. The number of amides is 1. The molecule has 7 nitrogen and oxygen atoms in total. The van der Waals surface area contributed by atoms with Gasteiger partial charge in [0.1, 0.15) is 11.6 Å². The molecule has 0 spiro atoms. The topological polar surface area (TPSA) is 101 Å². The number of carbonyl (C=O) groups excluding carboxylic acids is 1.